The minimum atomic E-state index is -0.871. The van der Waals surface area contributed by atoms with Gasteiger partial charge in [-0.05, 0) is 18.4 Å². The first-order valence-electron chi connectivity index (χ1n) is 7.00. The van der Waals surface area contributed by atoms with Crippen molar-refractivity contribution < 1.29 is 9.59 Å². The molecule has 1 heterocycles. The second kappa shape index (κ2) is 8.84. The Morgan fingerprint density at radius 2 is 2.32 bits per heavy atom. The van der Waals surface area contributed by atoms with Crippen molar-refractivity contribution in [1.29, 1.82) is 5.26 Å². The SMILES string of the molecule is N#C[C@@H]1C[C@H](N=[N+]=[N-])CN1C(=O)[C@@H](N)CCC(=O)NCCN. The summed E-state index contributed by atoms with van der Waals surface area (Å²) in [5.41, 5.74) is 19.5. The fraction of sp³-hybridized carbons (Fsp3) is 0.750. The molecule has 120 valence electrons. The van der Waals surface area contributed by atoms with Gasteiger partial charge in [-0.15, -0.1) is 0 Å². The van der Waals surface area contributed by atoms with E-state index in [2.05, 4.69) is 15.3 Å². The summed E-state index contributed by atoms with van der Waals surface area (Å²) >= 11 is 0. The first kappa shape index (κ1) is 17.7. The molecule has 10 heteroatoms. The molecule has 0 aromatic heterocycles. The summed E-state index contributed by atoms with van der Waals surface area (Å²) in [5.74, 6) is -0.632. The molecular formula is C12H20N8O2. The molecule has 22 heavy (non-hydrogen) atoms. The summed E-state index contributed by atoms with van der Waals surface area (Å²) in [6, 6.07) is 0.0624. The van der Waals surface area contributed by atoms with Crippen molar-refractivity contribution in [1.82, 2.24) is 10.2 Å². The number of rotatable bonds is 7. The standard InChI is InChI=1S/C12H20N8O2/c13-3-4-17-11(21)2-1-10(15)12(22)20-7-8(18-19-16)5-9(20)6-14/h8-10H,1-5,7,13,15H2,(H,17,21)/t8-,9-,10-/m0/s1. The van der Waals surface area contributed by atoms with E-state index in [-0.39, 0.29) is 25.3 Å². The zero-order valence-electron chi connectivity index (χ0n) is 12.2. The molecule has 5 N–H and O–H groups in total. The molecule has 0 bridgehead atoms. The summed E-state index contributed by atoms with van der Waals surface area (Å²) in [6.45, 7) is 0.891. The molecule has 0 saturated carbocycles. The lowest BCUT2D eigenvalue weighted by Gasteiger charge is -2.23. The van der Waals surface area contributed by atoms with Crippen LogP contribution in [0.15, 0.2) is 5.11 Å². The van der Waals surface area contributed by atoms with Gasteiger partial charge in [-0.25, -0.2) is 0 Å². The van der Waals surface area contributed by atoms with Gasteiger partial charge >= 0.3 is 0 Å². The van der Waals surface area contributed by atoms with E-state index < -0.39 is 24.0 Å². The number of likely N-dealkylation sites (tertiary alicyclic amines) is 1. The Morgan fingerprint density at radius 1 is 1.59 bits per heavy atom. The molecule has 1 aliphatic heterocycles. The predicted molar refractivity (Wildman–Crippen MR) is 77.9 cm³/mol. The van der Waals surface area contributed by atoms with E-state index in [1.807, 2.05) is 6.07 Å². The number of carbonyl (C=O) groups excluding carboxylic acids is 2. The maximum Gasteiger partial charge on any atom is 0.240 e. The summed E-state index contributed by atoms with van der Waals surface area (Å²) in [6.07, 6.45) is 0.587. The van der Waals surface area contributed by atoms with Gasteiger partial charge in [0, 0.05) is 31.0 Å². The van der Waals surface area contributed by atoms with Gasteiger partial charge in [0.2, 0.25) is 11.8 Å². The van der Waals surface area contributed by atoms with E-state index in [0.29, 0.717) is 19.5 Å². The fourth-order valence-electron chi connectivity index (χ4n) is 2.26. The molecule has 0 aliphatic carbocycles. The Hall–Kier alpha value is -2.34. The predicted octanol–water partition coefficient (Wildman–Crippen LogP) is -1.03. The molecule has 2 amide bonds. The van der Waals surface area contributed by atoms with E-state index >= 15 is 0 Å². The topological polar surface area (TPSA) is 174 Å². The second-order valence-corrected chi connectivity index (χ2v) is 5.01. The van der Waals surface area contributed by atoms with Crippen LogP contribution in [0.25, 0.3) is 10.4 Å². The van der Waals surface area contributed by atoms with Gasteiger partial charge in [0.25, 0.3) is 0 Å². The van der Waals surface area contributed by atoms with Crippen molar-refractivity contribution >= 4 is 11.8 Å². The fourth-order valence-corrected chi connectivity index (χ4v) is 2.26. The average molecular weight is 308 g/mol. The van der Waals surface area contributed by atoms with Crippen LogP contribution in [0.2, 0.25) is 0 Å². The van der Waals surface area contributed by atoms with Crippen molar-refractivity contribution in [3.8, 4) is 6.07 Å². The van der Waals surface area contributed by atoms with E-state index in [1.54, 1.807) is 0 Å². The highest BCUT2D eigenvalue weighted by Crippen LogP contribution is 2.21. The van der Waals surface area contributed by atoms with E-state index in [4.69, 9.17) is 22.3 Å². The Labute approximate surface area is 128 Å². The van der Waals surface area contributed by atoms with Crippen LogP contribution in [0, 0.1) is 11.3 Å². The molecule has 1 aliphatic rings. The second-order valence-electron chi connectivity index (χ2n) is 5.01. The number of nitrogens with one attached hydrogen (secondary N) is 1. The quantitative estimate of drug-likeness (QED) is 0.309. The van der Waals surface area contributed by atoms with Gasteiger partial charge in [0.1, 0.15) is 6.04 Å². The molecule has 0 spiro atoms. The Balaban J connectivity index is 2.53. The summed E-state index contributed by atoms with van der Waals surface area (Å²) in [4.78, 5) is 27.7. The van der Waals surface area contributed by atoms with Crippen molar-refractivity contribution in [3.05, 3.63) is 10.4 Å². The third kappa shape index (κ3) is 4.89. The monoisotopic (exact) mass is 308 g/mol. The Kier molecular flexibility index (Phi) is 7.12. The zero-order chi connectivity index (χ0) is 16.5. The average Bonchev–Trinajstić information content (AvgIpc) is 2.93. The van der Waals surface area contributed by atoms with Crippen LogP contribution in [0.5, 0.6) is 0 Å². The van der Waals surface area contributed by atoms with Crippen LogP contribution < -0.4 is 16.8 Å². The van der Waals surface area contributed by atoms with Crippen molar-refractivity contribution in [2.45, 2.75) is 37.4 Å². The van der Waals surface area contributed by atoms with E-state index in [1.165, 1.54) is 4.90 Å². The maximum absolute atomic E-state index is 12.3. The molecule has 0 aromatic rings. The van der Waals surface area contributed by atoms with Crippen molar-refractivity contribution in [3.63, 3.8) is 0 Å². The molecule has 0 aromatic carbocycles. The van der Waals surface area contributed by atoms with Crippen LogP contribution in [-0.4, -0.2) is 54.5 Å². The summed E-state index contributed by atoms with van der Waals surface area (Å²) in [7, 11) is 0. The lowest BCUT2D eigenvalue weighted by molar-refractivity contribution is -0.132. The number of carbonyl (C=O) groups is 2. The highest BCUT2D eigenvalue weighted by molar-refractivity contribution is 5.84. The number of nitriles is 1. The number of hydrogen-bond donors (Lipinski definition) is 3. The number of hydrogen-bond acceptors (Lipinski definition) is 6. The lowest BCUT2D eigenvalue weighted by Crippen LogP contribution is -2.46. The number of nitrogens with two attached hydrogens (primary N) is 2. The van der Waals surface area contributed by atoms with Crippen LogP contribution >= 0.6 is 0 Å². The van der Waals surface area contributed by atoms with Crippen LogP contribution in [0.3, 0.4) is 0 Å². The lowest BCUT2D eigenvalue weighted by atomic mass is 10.1. The van der Waals surface area contributed by atoms with Crippen LogP contribution in [-0.2, 0) is 9.59 Å². The first-order chi connectivity index (χ1) is 10.5. The molecule has 1 saturated heterocycles. The third-order valence-electron chi connectivity index (χ3n) is 3.39. The van der Waals surface area contributed by atoms with Crippen molar-refractivity contribution in [2.24, 2.45) is 16.6 Å². The highest BCUT2D eigenvalue weighted by atomic mass is 16.2. The smallest absolute Gasteiger partial charge is 0.240 e. The van der Waals surface area contributed by atoms with Gasteiger partial charge in [-0.2, -0.15) is 5.26 Å². The van der Waals surface area contributed by atoms with E-state index in [0.717, 1.165) is 0 Å². The largest absolute Gasteiger partial charge is 0.355 e. The minimum absolute atomic E-state index is 0.109. The van der Waals surface area contributed by atoms with Gasteiger partial charge in [-0.1, -0.05) is 5.11 Å². The van der Waals surface area contributed by atoms with Crippen molar-refractivity contribution in [2.75, 3.05) is 19.6 Å². The Bertz CT molecular complexity index is 496. The number of amides is 2. The maximum atomic E-state index is 12.3. The zero-order valence-corrected chi connectivity index (χ0v) is 12.2. The molecule has 3 atom stereocenters. The molecule has 0 unspecified atom stereocenters. The molecular weight excluding hydrogens is 288 g/mol. The number of nitrogens with zero attached hydrogens (tertiary/aromatic N) is 5. The molecule has 10 nitrogen and oxygen atoms in total. The first-order valence-corrected chi connectivity index (χ1v) is 7.00. The van der Waals surface area contributed by atoms with Crippen LogP contribution in [0.4, 0.5) is 0 Å². The summed E-state index contributed by atoms with van der Waals surface area (Å²) in [5, 5.41) is 15.2. The van der Waals surface area contributed by atoms with E-state index in [9.17, 15) is 9.59 Å². The van der Waals surface area contributed by atoms with Gasteiger partial charge in [0.15, 0.2) is 0 Å². The highest BCUT2D eigenvalue weighted by Gasteiger charge is 2.36. The molecule has 1 rings (SSSR count). The van der Waals surface area contributed by atoms with Gasteiger partial charge in [0.05, 0.1) is 18.2 Å². The Morgan fingerprint density at radius 3 is 2.91 bits per heavy atom. The third-order valence-corrected chi connectivity index (χ3v) is 3.39. The van der Waals surface area contributed by atoms with Gasteiger partial charge < -0.3 is 21.7 Å². The van der Waals surface area contributed by atoms with Gasteiger partial charge in [-0.3, -0.25) is 9.59 Å². The molecule has 0 radical (unpaired) electrons. The molecule has 1 fully saturated rings. The summed E-state index contributed by atoms with van der Waals surface area (Å²) < 4.78 is 0. The number of azide groups is 1. The normalized spacial score (nSPS) is 21.6. The minimum Gasteiger partial charge on any atom is -0.355 e. The van der Waals surface area contributed by atoms with Crippen LogP contribution in [0.1, 0.15) is 19.3 Å².